The molecule has 1 spiro atoms. The third-order valence-electron chi connectivity index (χ3n) is 5.01. The van der Waals surface area contributed by atoms with Crippen molar-refractivity contribution in [1.82, 2.24) is 15.0 Å². The van der Waals surface area contributed by atoms with Gasteiger partial charge in [-0.25, -0.2) is 0 Å². The molecule has 0 bridgehead atoms. The molecule has 2 aromatic heterocycles. The second-order valence-electron chi connectivity index (χ2n) is 6.72. The Kier molecular flexibility index (Phi) is 4.17. The van der Waals surface area contributed by atoms with Crippen molar-refractivity contribution >= 4 is 5.91 Å². The molecule has 0 N–H and O–H groups in total. The van der Waals surface area contributed by atoms with Crippen LogP contribution in [0, 0.1) is 12.8 Å². The number of likely N-dealkylation sites (tertiary alicyclic amines) is 1. The van der Waals surface area contributed by atoms with E-state index < -0.39 is 0 Å². The van der Waals surface area contributed by atoms with Gasteiger partial charge in [0.15, 0.2) is 0 Å². The van der Waals surface area contributed by atoms with Crippen LogP contribution in [0.25, 0.3) is 0 Å². The molecule has 132 valence electrons. The van der Waals surface area contributed by atoms with Gasteiger partial charge in [0, 0.05) is 18.9 Å². The summed E-state index contributed by atoms with van der Waals surface area (Å²) >= 11 is 0. The summed E-state index contributed by atoms with van der Waals surface area (Å²) in [5, 5.41) is 3.78. The molecule has 2 saturated heterocycles. The smallest absolute Gasteiger partial charge is 0.292 e. The van der Waals surface area contributed by atoms with Gasteiger partial charge in [-0.2, -0.15) is 0 Å². The maximum absolute atomic E-state index is 12.4. The minimum Gasteiger partial charge on any atom is -0.492 e. The summed E-state index contributed by atoms with van der Waals surface area (Å²) in [7, 11) is 0. The Labute approximate surface area is 145 Å². The van der Waals surface area contributed by atoms with Gasteiger partial charge in [0.2, 0.25) is 5.76 Å². The quantitative estimate of drug-likeness (QED) is 0.827. The van der Waals surface area contributed by atoms with Crippen LogP contribution in [0.2, 0.25) is 0 Å². The van der Waals surface area contributed by atoms with E-state index in [-0.39, 0.29) is 11.5 Å². The van der Waals surface area contributed by atoms with Crippen molar-refractivity contribution in [2.45, 2.75) is 25.4 Å². The van der Waals surface area contributed by atoms with E-state index in [1.54, 1.807) is 30.3 Å². The summed E-state index contributed by atoms with van der Waals surface area (Å²) < 4.78 is 16.8. The first kappa shape index (κ1) is 16.1. The molecule has 2 aromatic rings. The molecule has 0 saturated carbocycles. The normalized spacial score (nSPS) is 21.3. The van der Waals surface area contributed by atoms with Gasteiger partial charge in [-0.1, -0.05) is 5.16 Å². The fourth-order valence-corrected chi connectivity index (χ4v) is 3.66. The van der Waals surface area contributed by atoms with Gasteiger partial charge >= 0.3 is 0 Å². The lowest BCUT2D eigenvalue weighted by atomic mass is 9.79. The third-order valence-corrected chi connectivity index (χ3v) is 5.01. The van der Waals surface area contributed by atoms with E-state index in [0.29, 0.717) is 37.1 Å². The molecule has 0 unspecified atom stereocenters. The lowest BCUT2D eigenvalue weighted by molar-refractivity contribution is -0.119. The molecule has 2 fully saturated rings. The van der Waals surface area contributed by atoms with E-state index in [2.05, 4.69) is 10.1 Å². The van der Waals surface area contributed by atoms with E-state index in [1.807, 2.05) is 12.1 Å². The zero-order valence-electron chi connectivity index (χ0n) is 14.2. The fraction of sp³-hybridized carbons (Fsp3) is 0.500. The number of carbonyl (C=O) groups excluding carboxylic acids is 1. The highest BCUT2D eigenvalue weighted by Crippen LogP contribution is 2.42. The van der Waals surface area contributed by atoms with Crippen LogP contribution in [0.3, 0.4) is 0 Å². The topological polar surface area (TPSA) is 77.7 Å². The van der Waals surface area contributed by atoms with Gasteiger partial charge in [0.25, 0.3) is 5.91 Å². The lowest BCUT2D eigenvalue weighted by Gasteiger charge is -2.49. The fourth-order valence-electron chi connectivity index (χ4n) is 3.66. The molecule has 1 atom stereocenters. The predicted octanol–water partition coefficient (Wildman–Crippen LogP) is 2.08. The van der Waals surface area contributed by atoms with Crippen LogP contribution >= 0.6 is 0 Å². The van der Waals surface area contributed by atoms with Crippen LogP contribution in [0.5, 0.6) is 5.75 Å². The number of pyridine rings is 1. The van der Waals surface area contributed by atoms with Crippen LogP contribution in [-0.4, -0.2) is 52.9 Å². The van der Waals surface area contributed by atoms with Crippen LogP contribution in [-0.2, 0) is 4.74 Å². The number of aryl methyl sites for hydroxylation is 1. The van der Waals surface area contributed by atoms with Crippen LogP contribution in [0.1, 0.15) is 29.1 Å². The molecular formula is C18H21N3O4. The first-order chi connectivity index (χ1) is 12.2. The number of hydrogen-bond acceptors (Lipinski definition) is 6. The minimum absolute atomic E-state index is 0.118. The van der Waals surface area contributed by atoms with Crippen molar-refractivity contribution in [2.75, 3.05) is 26.3 Å². The first-order valence-corrected chi connectivity index (χ1v) is 8.56. The molecule has 7 nitrogen and oxygen atoms in total. The van der Waals surface area contributed by atoms with Gasteiger partial charge < -0.3 is 18.9 Å². The van der Waals surface area contributed by atoms with Crippen molar-refractivity contribution in [3.05, 3.63) is 42.0 Å². The van der Waals surface area contributed by atoms with E-state index in [9.17, 15) is 4.79 Å². The number of nitrogens with zero attached hydrogens (tertiary/aromatic N) is 3. The highest BCUT2D eigenvalue weighted by atomic mass is 16.5. The maximum Gasteiger partial charge on any atom is 0.292 e. The number of ether oxygens (including phenoxy) is 2. The molecule has 25 heavy (non-hydrogen) atoms. The van der Waals surface area contributed by atoms with Crippen LogP contribution in [0.4, 0.5) is 0 Å². The molecule has 2 aliphatic rings. The van der Waals surface area contributed by atoms with E-state index in [0.717, 1.165) is 25.2 Å². The van der Waals surface area contributed by atoms with Gasteiger partial charge in [-0.15, -0.1) is 0 Å². The van der Waals surface area contributed by atoms with Crippen molar-refractivity contribution in [3.63, 3.8) is 0 Å². The highest BCUT2D eigenvalue weighted by Gasteiger charge is 2.54. The van der Waals surface area contributed by atoms with Crippen molar-refractivity contribution in [3.8, 4) is 5.75 Å². The SMILES string of the molecule is Cc1cc(C(=O)N2CC3(C2)OCC[C@H]3CCOc2cccnc2)on1. The zero-order valence-corrected chi connectivity index (χ0v) is 14.2. The average Bonchev–Trinajstić information content (AvgIpc) is 3.20. The molecule has 2 aliphatic heterocycles. The number of carbonyl (C=O) groups is 1. The summed E-state index contributed by atoms with van der Waals surface area (Å²) in [5.74, 6) is 1.35. The van der Waals surface area contributed by atoms with Crippen LogP contribution in [0.15, 0.2) is 35.1 Å². The Hall–Kier alpha value is -2.41. The highest BCUT2D eigenvalue weighted by molar-refractivity contribution is 5.92. The molecule has 0 aliphatic carbocycles. The number of hydrogen-bond donors (Lipinski definition) is 0. The molecule has 4 heterocycles. The number of amides is 1. The second-order valence-corrected chi connectivity index (χ2v) is 6.72. The molecule has 4 rings (SSSR count). The summed E-state index contributed by atoms with van der Waals surface area (Å²) in [6.07, 6.45) is 5.34. The van der Waals surface area contributed by atoms with Crippen LogP contribution < -0.4 is 4.74 Å². The van der Waals surface area contributed by atoms with Gasteiger partial charge in [0.05, 0.1) is 31.6 Å². The Morgan fingerprint density at radius 3 is 3.08 bits per heavy atom. The Bertz CT molecular complexity index is 740. The molecule has 7 heteroatoms. The van der Waals surface area contributed by atoms with Crippen molar-refractivity contribution in [1.29, 1.82) is 0 Å². The minimum atomic E-state index is -0.233. The van der Waals surface area contributed by atoms with E-state index in [1.165, 1.54) is 0 Å². The maximum atomic E-state index is 12.4. The number of rotatable bonds is 5. The first-order valence-electron chi connectivity index (χ1n) is 8.56. The monoisotopic (exact) mass is 343 g/mol. The standard InChI is InChI=1S/C18H21N3O4/c1-13-9-16(25-20-13)17(22)21-11-18(12-21)14(5-8-24-18)4-7-23-15-3-2-6-19-10-15/h2-3,6,9-10,14H,4-5,7-8,11-12H2,1H3/t14-/m1/s1. The van der Waals surface area contributed by atoms with Gasteiger partial charge in [-0.3, -0.25) is 9.78 Å². The Balaban J connectivity index is 1.31. The zero-order chi connectivity index (χ0) is 17.3. The molecule has 0 radical (unpaired) electrons. The number of aromatic nitrogens is 2. The molecule has 0 aromatic carbocycles. The lowest BCUT2D eigenvalue weighted by Crippen LogP contribution is -2.66. The summed E-state index contributed by atoms with van der Waals surface area (Å²) in [4.78, 5) is 18.2. The predicted molar refractivity (Wildman–Crippen MR) is 88.3 cm³/mol. The van der Waals surface area contributed by atoms with E-state index in [4.69, 9.17) is 14.0 Å². The largest absolute Gasteiger partial charge is 0.492 e. The Morgan fingerprint density at radius 1 is 1.48 bits per heavy atom. The van der Waals surface area contributed by atoms with Crippen molar-refractivity contribution in [2.24, 2.45) is 5.92 Å². The van der Waals surface area contributed by atoms with Gasteiger partial charge in [-0.05, 0) is 37.8 Å². The second kappa shape index (κ2) is 6.48. The average molecular weight is 343 g/mol. The summed E-state index contributed by atoms with van der Waals surface area (Å²) in [5.41, 5.74) is 0.476. The summed E-state index contributed by atoms with van der Waals surface area (Å²) in [6.45, 7) is 4.36. The Morgan fingerprint density at radius 2 is 2.36 bits per heavy atom. The summed E-state index contributed by atoms with van der Waals surface area (Å²) in [6, 6.07) is 5.43. The molecular weight excluding hydrogens is 322 g/mol. The molecule has 1 amide bonds. The van der Waals surface area contributed by atoms with Crippen molar-refractivity contribution < 1.29 is 18.8 Å². The van der Waals surface area contributed by atoms with E-state index >= 15 is 0 Å². The third kappa shape index (κ3) is 3.11. The van der Waals surface area contributed by atoms with Gasteiger partial charge in [0.1, 0.15) is 11.4 Å².